The maximum absolute atomic E-state index is 11.3. The molecule has 0 bridgehead atoms. The van der Waals surface area contributed by atoms with Gasteiger partial charge >= 0.3 is 11.9 Å². The molecule has 1 aromatic rings. The molecule has 0 aromatic heterocycles. The number of rotatable bonds is 5. The van der Waals surface area contributed by atoms with E-state index in [0.717, 1.165) is 5.56 Å². The second-order valence-electron chi connectivity index (χ2n) is 3.85. The Morgan fingerprint density at radius 1 is 1.24 bits per heavy atom. The van der Waals surface area contributed by atoms with Gasteiger partial charge in [0.1, 0.15) is 0 Å². The van der Waals surface area contributed by atoms with Gasteiger partial charge in [-0.3, -0.25) is 9.59 Å². The summed E-state index contributed by atoms with van der Waals surface area (Å²) in [5.41, 5.74) is -2.23. The van der Waals surface area contributed by atoms with Gasteiger partial charge in [0.2, 0.25) is 0 Å². The maximum Gasteiger partial charge on any atom is 0.320 e. The number of aryl methyl sites for hydroxylation is 2. The van der Waals surface area contributed by atoms with Gasteiger partial charge in [0.05, 0.1) is 0 Å². The molecule has 0 aliphatic carbocycles. The molecule has 0 radical (unpaired) electrons. The minimum Gasteiger partial charge on any atom is -0.480 e. The summed E-state index contributed by atoms with van der Waals surface area (Å²) in [6, 6.07) is 5.72. The number of carboxylic acids is 2. The molecule has 0 heterocycles. The summed E-state index contributed by atoms with van der Waals surface area (Å²) in [4.78, 5) is 22.5. The molecule has 0 fully saturated rings. The first-order chi connectivity index (χ1) is 9.39. The average molecular weight is 244 g/mol. The lowest BCUT2D eigenvalue weighted by Gasteiger charge is -2.19. The molecule has 0 aliphatic heterocycles. The molecule has 0 aliphatic rings. The number of benzene rings is 1. The Morgan fingerprint density at radius 3 is 2.12 bits per heavy atom. The molecule has 0 unspecified atom stereocenters. The lowest BCUT2D eigenvalue weighted by Crippen LogP contribution is -2.36. The molecule has 17 heavy (non-hydrogen) atoms. The van der Waals surface area contributed by atoms with Gasteiger partial charge in [-0.05, 0) is 32.2 Å². The van der Waals surface area contributed by atoms with Crippen molar-refractivity contribution in [3.8, 4) is 0 Å². The van der Waals surface area contributed by atoms with Gasteiger partial charge in [0, 0.05) is 5.48 Å². The van der Waals surface area contributed by atoms with E-state index in [9.17, 15) is 9.59 Å². The zero-order valence-corrected chi connectivity index (χ0v) is 9.52. The summed E-state index contributed by atoms with van der Waals surface area (Å²) in [7, 11) is 0. The highest BCUT2D eigenvalue weighted by Gasteiger charge is 2.40. The lowest BCUT2D eigenvalue weighted by atomic mass is 9.84. The molecule has 0 saturated carbocycles. The third-order valence-electron chi connectivity index (χ3n) is 2.36. The summed E-state index contributed by atoms with van der Waals surface area (Å²) in [5.74, 6) is -3.87. The van der Waals surface area contributed by atoms with Crippen LogP contribution in [0.2, 0.25) is 0 Å². The molecule has 4 heteroatoms. The minimum atomic E-state index is -3.17. The van der Waals surface area contributed by atoms with Crippen molar-refractivity contribution in [2.24, 2.45) is 5.41 Å². The molecule has 2 N–H and O–H groups in total. The van der Waals surface area contributed by atoms with E-state index in [2.05, 4.69) is 0 Å². The highest BCUT2D eigenvalue weighted by molar-refractivity contribution is 5.97. The lowest BCUT2D eigenvalue weighted by molar-refractivity contribution is -0.163. The van der Waals surface area contributed by atoms with E-state index in [1.165, 1.54) is 12.1 Å². The summed E-state index contributed by atoms with van der Waals surface area (Å²) in [6.45, 7) is 2.43. The van der Waals surface area contributed by atoms with Gasteiger partial charge in [0.25, 0.3) is 0 Å². The second kappa shape index (κ2) is 4.99. The van der Waals surface area contributed by atoms with Crippen molar-refractivity contribution in [1.82, 2.24) is 0 Å². The fourth-order valence-corrected chi connectivity index (χ4v) is 1.03. The summed E-state index contributed by atoms with van der Waals surface area (Å²) in [5, 5.41) is 18.2. The van der Waals surface area contributed by atoms with E-state index in [1.807, 2.05) is 0 Å². The van der Waals surface area contributed by atoms with Crippen molar-refractivity contribution in [3.63, 3.8) is 0 Å². The van der Waals surface area contributed by atoms with Crippen LogP contribution in [-0.2, 0) is 16.0 Å². The normalized spacial score (nSPS) is 16.4. The molecular weight excluding hydrogens is 220 g/mol. The molecule has 0 saturated heterocycles. The van der Waals surface area contributed by atoms with Gasteiger partial charge in [-0.1, -0.05) is 29.8 Å². The van der Waals surface area contributed by atoms with E-state index >= 15 is 0 Å². The molecule has 0 atom stereocenters. The first kappa shape index (κ1) is 8.28. The first-order valence-electron chi connectivity index (χ1n) is 6.93. The number of carbonyl (C=O) groups is 2. The first-order valence-corrected chi connectivity index (χ1v) is 4.93. The summed E-state index contributed by atoms with van der Waals surface area (Å²) >= 11 is 0. The fraction of sp³-hybridized carbons (Fsp3) is 0.385. The Hall–Kier alpha value is -1.84. The van der Waals surface area contributed by atoms with E-state index in [4.69, 9.17) is 15.7 Å². The van der Waals surface area contributed by atoms with Crippen LogP contribution in [0.3, 0.4) is 0 Å². The van der Waals surface area contributed by atoms with E-state index in [1.54, 1.807) is 19.1 Å². The van der Waals surface area contributed by atoms with Crippen LogP contribution < -0.4 is 0 Å². The zero-order chi connectivity index (χ0) is 16.6. The van der Waals surface area contributed by atoms with Crippen LogP contribution in [0.5, 0.6) is 0 Å². The van der Waals surface area contributed by atoms with Crippen LogP contribution >= 0.6 is 0 Å². The van der Waals surface area contributed by atoms with Crippen molar-refractivity contribution in [2.75, 3.05) is 0 Å². The van der Waals surface area contributed by atoms with Crippen LogP contribution in [0.25, 0.3) is 0 Å². The Balaban J connectivity index is 3.48. The van der Waals surface area contributed by atoms with Gasteiger partial charge in [0.15, 0.2) is 5.41 Å². The van der Waals surface area contributed by atoms with Crippen LogP contribution in [0, 0.1) is 12.3 Å². The smallest absolute Gasteiger partial charge is 0.320 e. The SMILES string of the molecule is [3H]C([3H])(c1ccc(C)cc1)C([3H])([3H])C(C)(C(=O)O)C(=O)O. The third-order valence-corrected chi connectivity index (χ3v) is 2.36. The standard InChI is InChI=1S/C13H16O4/c1-9-3-5-10(6-4-9)7-8-13(2,11(14)15)12(16)17/h3-6H,7-8H2,1-2H3,(H,14,15)(H,16,17)/i7T2,8T2. The molecule has 92 valence electrons. The number of hydrogen-bond acceptors (Lipinski definition) is 2. The van der Waals surface area contributed by atoms with Crippen molar-refractivity contribution >= 4 is 11.9 Å². The molecule has 1 rings (SSSR count). The predicted octanol–water partition coefficient (Wildman–Crippen LogP) is 2.10. The number of carboxylic acid groups (broad SMARTS) is 2. The molecule has 4 nitrogen and oxygen atoms in total. The molecule has 0 spiro atoms. The quantitative estimate of drug-likeness (QED) is 0.778. The highest BCUT2D eigenvalue weighted by atomic mass is 16.4. The second-order valence-corrected chi connectivity index (χ2v) is 3.85. The van der Waals surface area contributed by atoms with Gasteiger partial charge < -0.3 is 10.2 Å². The highest BCUT2D eigenvalue weighted by Crippen LogP contribution is 2.24. The van der Waals surface area contributed by atoms with Crippen LogP contribution in [0.4, 0.5) is 0 Å². The van der Waals surface area contributed by atoms with E-state index in [0.29, 0.717) is 6.92 Å². The third kappa shape index (κ3) is 3.06. The minimum absolute atomic E-state index is 0.119. The summed E-state index contributed by atoms with van der Waals surface area (Å²) in [6.07, 6.45) is -5.97. The average Bonchev–Trinajstić information content (AvgIpc) is 2.37. The number of aliphatic carboxylic acids is 2. The Labute approximate surface area is 106 Å². The monoisotopic (exact) mass is 244 g/mol. The number of hydrogen-bond donors (Lipinski definition) is 2. The molecule has 1 aromatic carbocycles. The van der Waals surface area contributed by atoms with Crippen LogP contribution in [0.15, 0.2) is 24.3 Å². The van der Waals surface area contributed by atoms with Crippen molar-refractivity contribution in [3.05, 3.63) is 35.4 Å². The van der Waals surface area contributed by atoms with Crippen molar-refractivity contribution in [2.45, 2.75) is 26.6 Å². The van der Waals surface area contributed by atoms with Crippen molar-refractivity contribution < 1.29 is 25.3 Å². The zero-order valence-electron chi connectivity index (χ0n) is 13.5. The van der Waals surface area contributed by atoms with Crippen LogP contribution in [-0.4, -0.2) is 22.2 Å². The predicted molar refractivity (Wildman–Crippen MR) is 62.9 cm³/mol. The topological polar surface area (TPSA) is 74.6 Å². The molecular formula is C13H16O4. The van der Waals surface area contributed by atoms with E-state index < -0.39 is 30.1 Å². The maximum atomic E-state index is 11.3. The van der Waals surface area contributed by atoms with Gasteiger partial charge in [-0.25, -0.2) is 0 Å². The largest absolute Gasteiger partial charge is 0.480 e. The van der Waals surface area contributed by atoms with Gasteiger partial charge in [-0.15, -0.1) is 0 Å². The molecule has 0 amide bonds. The van der Waals surface area contributed by atoms with Gasteiger partial charge in [-0.2, -0.15) is 0 Å². The Morgan fingerprint density at radius 2 is 1.71 bits per heavy atom. The van der Waals surface area contributed by atoms with E-state index in [-0.39, 0.29) is 5.56 Å². The summed E-state index contributed by atoms with van der Waals surface area (Å²) < 4.78 is 31.6. The Bertz CT molecular complexity index is 552. The van der Waals surface area contributed by atoms with Crippen molar-refractivity contribution in [1.29, 1.82) is 0 Å². The van der Waals surface area contributed by atoms with Crippen LogP contribution in [0.1, 0.15) is 29.9 Å². The fourth-order valence-electron chi connectivity index (χ4n) is 1.03. The Kier molecular flexibility index (Phi) is 2.43.